The average Bonchev–Trinajstić information content (AvgIpc) is 3.01. The number of pyridine rings is 1. The lowest BCUT2D eigenvalue weighted by Gasteiger charge is -2.39. The molecule has 26 heavy (non-hydrogen) atoms. The molecular weight excluding hydrogens is 324 g/mol. The van der Waals surface area contributed by atoms with Crippen LogP contribution in [0.1, 0.15) is 44.4 Å². The van der Waals surface area contributed by atoms with E-state index in [-0.39, 0.29) is 11.0 Å². The fourth-order valence-corrected chi connectivity index (χ4v) is 4.25. The summed E-state index contributed by atoms with van der Waals surface area (Å²) in [5, 5.41) is 0. The number of hydrogen-bond acceptors (Lipinski definition) is 4. The highest BCUT2D eigenvalue weighted by molar-refractivity contribution is 5.54. The molecule has 2 aromatic heterocycles. The van der Waals surface area contributed by atoms with Crippen molar-refractivity contribution in [2.45, 2.75) is 44.9 Å². The number of hydrogen-bond donors (Lipinski definition) is 1. The van der Waals surface area contributed by atoms with Crippen molar-refractivity contribution in [3.8, 4) is 11.4 Å². The molecule has 1 N–H and O–H groups in total. The quantitative estimate of drug-likeness (QED) is 0.864. The van der Waals surface area contributed by atoms with Gasteiger partial charge >= 0.3 is 0 Å². The highest BCUT2D eigenvalue weighted by Crippen LogP contribution is 2.44. The second-order valence-corrected chi connectivity index (χ2v) is 7.85. The van der Waals surface area contributed by atoms with E-state index in [0.29, 0.717) is 5.82 Å². The molecule has 0 unspecified atom stereocenters. The lowest BCUT2D eigenvalue weighted by atomic mass is 9.76. The van der Waals surface area contributed by atoms with E-state index in [2.05, 4.69) is 34.8 Å². The van der Waals surface area contributed by atoms with Crippen LogP contribution in [0, 0.1) is 0 Å². The van der Waals surface area contributed by atoms with Gasteiger partial charge in [-0.3, -0.25) is 14.7 Å². The van der Waals surface area contributed by atoms with Crippen LogP contribution >= 0.6 is 0 Å². The van der Waals surface area contributed by atoms with Crippen LogP contribution in [0.3, 0.4) is 0 Å². The number of nitrogens with one attached hydrogen (secondary N) is 1. The minimum atomic E-state index is 0.0256. The van der Waals surface area contributed by atoms with Crippen LogP contribution in [0.5, 0.6) is 0 Å². The van der Waals surface area contributed by atoms with Gasteiger partial charge in [0.15, 0.2) is 0 Å². The van der Waals surface area contributed by atoms with Crippen molar-refractivity contribution in [2.24, 2.45) is 0 Å². The third kappa shape index (κ3) is 3.12. The van der Waals surface area contributed by atoms with Crippen LogP contribution in [0.4, 0.5) is 0 Å². The van der Waals surface area contributed by atoms with Gasteiger partial charge in [0, 0.05) is 35.5 Å². The van der Waals surface area contributed by atoms with Crippen LogP contribution in [-0.2, 0) is 11.8 Å². The SMILES string of the molecule is CC(C)=CCN1CCC2(CCc3c2nc(-c2cccnc2)[nH]c3=O)CC1. The fraction of sp³-hybridized carbons (Fsp3) is 0.476. The maximum atomic E-state index is 12.6. The minimum absolute atomic E-state index is 0.0256. The molecule has 1 fully saturated rings. The molecule has 0 bridgehead atoms. The smallest absolute Gasteiger partial charge is 0.254 e. The number of aromatic nitrogens is 3. The lowest BCUT2D eigenvalue weighted by Crippen LogP contribution is -2.42. The van der Waals surface area contributed by atoms with Crippen LogP contribution < -0.4 is 5.56 Å². The Morgan fingerprint density at radius 2 is 2.12 bits per heavy atom. The molecule has 1 spiro atoms. The monoisotopic (exact) mass is 350 g/mol. The molecule has 5 heteroatoms. The number of allylic oxidation sites excluding steroid dienone is 1. The Hall–Kier alpha value is -2.27. The van der Waals surface area contributed by atoms with E-state index in [4.69, 9.17) is 4.98 Å². The summed E-state index contributed by atoms with van der Waals surface area (Å²) >= 11 is 0. The zero-order chi connectivity index (χ0) is 18.1. The molecule has 5 nitrogen and oxygen atoms in total. The molecule has 1 aliphatic heterocycles. The third-order valence-electron chi connectivity index (χ3n) is 5.88. The fourth-order valence-electron chi connectivity index (χ4n) is 4.25. The van der Waals surface area contributed by atoms with Crippen molar-refractivity contribution in [1.82, 2.24) is 19.9 Å². The van der Waals surface area contributed by atoms with E-state index in [1.54, 1.807) is 12.4 Å². The maximum Gasteiger partial charge on any atom is 0.254 e. The average molecular weight is 350 g/mol. The van der Waals surface area contributed by atoms with Crippen molar-refractivity contribution < 1.29 is 0 Å². The van der Waals surface area contributed by atoms with Gasteiger partial charge < -0.3 is 4.98 Å². The Balaban J connectivity index is 1.63. The first kappa shape index (κ1) is 17.2. The Labute approximate surface area is 154 Å². The van der Waals surface area contributed by atoms with Crippen LogP contribution in [-0.4, -0.2) is 39.5 Å². The van der Waals surface area contributed by atoms with Gasteiger partial charge in [0.25, 0.3) is 5.56 Å². The molecule has 2 aromatic rings. The summed E-state index contributed by atoms with van der Waals surface area (Å²) < 4.78 is 0. The van der Waals surface area contributed by atoms with Gasteiger partial charge in [-0.2, -0.15) is 0 Å². The standard InChI is InChI=1S/C21H26N4O/c1-15(2)6-11-25-12-8-21(9-13-25)7-5-17-18(21)23-19(24-20(17)26)16-4-3-10-22-14-16/h3-4,6,10,14H,5,7-9,11-13H2,1-2H3,(H,23,24,26). The van der Waals surface area contributed by atoms with Gasteiger partial charge in [-0.15, -0.1) is 0 Å². The van der Waals surface area contributed by atoms with E-state index < -0.39 is 0 Å². The summed E-state index contributed by atoms with van der Waals surface area (Å²) in [5.41, 5.74) is 4.28. The molecule has 0 aromatic carbocycles. The summed E-state index contributed by atoms with van der Waals surface area (Å²) in [7, 11) is 0. The van der Waals surface area contributed by atoms with Gasteiger partial charge in [0.05, 0.1) is 5.69 Å². The number of fused-ring (bicyclic) bond motifs is 2. The van der Waals surface area contributed by atoms with Crippen molar-refractivity contribution in [2.75, 3.05) is 19.6 Å². The molecule has 0 amide bonds. The number of H-pyrrole nitrogens is 1. The van der Waals surface area contributed by atoms with Gasteiger partial charge in [-0.05, 0) is 64.8 Å². The summed E-state index contributed by atoms with van der Waals surface area (Å²) in [4.78, 5) is 27.2. The van der Waals surface area contributed by atoms with Crippen molar-refractivity contribution in [3.63, 3.8) is 0 Å². The van der Waals surface area contributed by atoms with E-state index in [0.717, 1.165) is 62.1 Å². The zero-order valence-electron chi connectivity index (χ0n) is 15.6. The number of nitrogens with zero attached hydrogens (tertiary/aromatic N) is 3. The predicted octanol–water partition coefficient (Wildman–Crippen LogP) is 3.08. The summed E-state index contributed by atoms with van der Waals surface area (Å²) in [6, 6.07) is 3.82. The van der Waals surface area contributed by atoms with E-state index in [9.17, 15) is 4.79 Å². The first-order valence-corrected chi connectivity index (χ1v) is 9.47. The van der Waals surface area contributed by atoms with E-state index in [1.165, 1.54) is 5.57 Å². The summed E-state index contributed by atoms with van der Waals surface area (Å²) in [6.07, 6.45) is 9.85. The first-order valence-electron chi connectivity index (χ1n) is 9.47. The molecule has 0 saturated carbocycles. The zero-order valence-corrected chi connectivity index (χ0v) is 15.6. The first-order chi connectivity index (χ1) is 12.6. The maximum absolute atomic E-state index is 12.6. The van der Waals surface area contributed by atoms with Crippen molar-refractivity contribution in [3.05, 3.63) is 57.8 Å². The normalized spacial score (nSPS) is 18.7. The third-order valence-corrected chi connectivity index (χ3v) is 5.88. The number of likely N-dealkylation sites (tertiary alicyclic amines) is 1. The topological polar surface area (TPSA) is 61.9 Å². The highest BCUT2D eigenvalue weighted by Gasteiger charge is 2.43. The molecule has 0 radical (unpaired) electrons. The molecular formula is C21H26N4O. The summed E-state index contributed by atoms with van der Waals surface area (Å²) in [5.74, 6) is 0.648. The Bertz CT molecular complexity index is 873. The minimum Gasteiger partial charge on any atom is -0.306 e. The van der Waals surface area contributed by atoms with Crippen molar-refractivity contribution >= 4 is 0 Å². The van der Waals surface area contributed by atoms with Crippen molar-refractivity contribution in [1.29, 1.82) is 0 Å². The summed E-state index contributed by atoms with van der Waals surface area (Å²) in [6.45, 7) is 7.46. The molecule has 2 aliphatic rings. The Morgan fingerprint density at radius 3 is 2.81 bits per heavy atom. The highest BCUT2D eigenvalue weighted by atomic mass is 16.1. The van der Waals surface area contributed by atoms with Crippen LogP contribution in [0.25, 0.3) is 11.4 Å². The molecule has 4 rings (SSSR count). The lowest BCUT2D eigenvalue weighted by molar-refractivity contribution is 0.169. The van der Waals surface area contributed by atoms with Gasteiger partial charge in [0.2, 0.25) is 0 Å². The second kappa shape index (κ2) is 6.80. The van der Waals surface area contributed by atoms with Crippen LogP contribution in [0.15, 0.2) is 41.0 Å². The van der Waals surface area contributed by atoms with Gasteiger partial charge in [-0.25, -0.2) is 4.98 Å². The molecule has 0 atom stereocenters. The number of rotatable bonds is 3. The number of aromatic amines is 1. The van der Waals surface area contributed by atoms with Gasteiger partial charge in [-0.1, -0.05) is 11.6 Å². The van der Waals surface area contributed by atoms with E-state index in [1.807, 2.05) is 12.1 Å². The van der Waals surface area contributed by atoms with E-state index >= 15 is 0 Å². The van der Waals surface area contributed by atoms with Gasteiger partial charge in [0.1, 0.15) is 5.82 Å². The molecule has 1 aliphatic carbocycles. The predicted molar refractivity (Wildman–Crippen MR) is 103 cm³/mol. The molecule has 3 heterocycles. The number of piperidine rings is 1. The Kier molecular flexibility index (Phi) is 4.49. The molecule has 1 saturated heterocycles. The Morgan fingerprint density at radius 1 is 1.31 bits per heavy atom. The molecule has 136 valence electrons. The van der Waals surface area contributed by atoms with Crippen LogP contribution in [0.2, 0.25) is 0 Å². The second-order valence-electron chi connectivity index (χ2n) is 7.85. The largest absolute Gasteiger partial charge is 0.306 e.